The van der Waals surface area contributed by atoms with E-state index >= 15 is 0 Å². The van der Waals surface area contributed by atoms with E-state index in [1.807, 2.05) is 0 Å². The van der Waals surface area contributed by atoms with Crippen molar-refractivity contribution in [1.29, 1.82) is 0 Å². The second-order valence-electron chi connectivity index (χ2n) is 11.1. The first kappa shape index (κ1) is 21.8. The molecule has 0 aliphatic rings. The van der Waals surface area contributed by atoms with Gasteiger partial charge in [-0.25, -0.2) is 0 Å². The van der Waals surface area contributed by atoms with E-state index in [0.29, 0.717) is 0 Å². The summed E-state index contributed by atoms with van der Waals surface area (Å²) < 4.78 is 0. The molecule has 0 radical (unpaired) electrons. The maximum atomic E-state index is 2.42. The third-order valence-electron chi connectivity index (χ3n) is 8.70. The van der Waals surface area contributed by atoms with Crippen LogP contribution in [0.4, 0.5) is 17.1 Å². The minimum atomic E-state index is 1.16. The van der Waals surface area contributed by atoms with Crippen LogP contribution in [0.2, 0.25) is 0 Å². The third-order valence-corrected chi connectivity index (χ3v) is 8.70. The molecule has 9 aromatic rings. The normalized spacial score (nSPS) is 12.1. The van der Waals surface area contributed by atoms with Crippen molar-refractivity contribution >= 4 is 81.7 Å². The molecule has 1 nitrogen and oxygen atoms in total. The standard InChI is InChI=1S/C39H25N/c1-24-8-18-33(19-9-24)40(34-20-29-14-10-25-4-2-5-26-11-15-30(21-34)38(29)36(25)26)35-22-31-16-12-27-6-3-7-28-13-17-32(23-35)39(31)37(27)28/h2-23H,1H3. The zero-order valence-electron chi connectivity index (χ0n) is 22.1. The zero-order valence-corrected chi connectivity index (χ0v) is 22.1. The van der Waals surface area contributed by atoms with Crippen LogP contribution in [0.15, 0.2) is 133 Å². The lowest BCUT2D eigenvalue weighted by molar-refractivity contribution is 1.29. The second-order valence-corrected chi connectivity index (χ2v) is 11.1. The van der Waals surface area contributed by atoms with Crippen LogP contribution >= 0.6 is 0 Å². The Morgan fingerprint density at radius 3 is 1.02 bits per heavy atom. The molecule has 0 aliphatic carbocycles. The monoisotopic (exact) mass is 507 g/mol. The van der Waals surface area contributed by atoms with Crippen molar-refractivity contribution in [2.75, 3.05) is 4.90 Å². The molecule has 0 fully saturated rings. The Kier molecular flexibility index (Phi) is 4.32. The summed E-state index contributed by atoms with van der Waals surface area (Å²) in [5, 5.41) is 15.7. The molecule has 0 bridgehead atoms. The molecule has 9 aromatic carbocycles. The fourth-order valence-electron chi connectivity index (χ4n) is 6.87. The van der Waals surface area contributed by atoms with Gasteiger partial charge in [-0.1, -0.05) is 103 Å². The molecule has 0 saturated heterocycles. The highest BCUT2D eigenvalue weighted by molar-refractivity contribution is 6.25. The van der Waals surface area contributed by atoms with Crippen LogP contribution in [0.5, 0.6) is 0 Å². The van der Waals surface area contributed by atoms with Gasteiger partial charge in [0.25, 0.3) is 0 Å². The van der Waals surface area contributed by atoms with Crippen molar-refractivity contribution in [3.8, 4) is 0 Å². The van der Waals surface area contributed by atoms with Gasteiger partial charge in [-0.05, 0) is 108 Å². The molecular weight excluding hydrogens is 482 g/mol. The Morgan fingerprint density at radius 2 is 0.650 bits per heavy atom. The molecule has 0 atom stereocenters. The number of nitrogens with zero attached hydrogens (tertiary/aromatic N) is 1. The van der Waals surface area contributed by atoms with E-state index < -0.39 is 0 Å². The topological polar surface area (TPSA) is 3.24 Å². The highest BCUT2D eigenvalue weighted by Crippen LogP contribution is 2.44. The van der Waals surface area contributed by atoms with Gasteiger partial charge in [0.05, 0.1) is 0 Å². The highest BCUT2D eigenvalue weighted by atomic mass is 15.1. The highest BCUT2D eigenvalue weighted by Gasteiger charge is 2.18. The molecule has 40 heavy (non-hydrogen) atoms. The minimum Gasteiger partial charge on any atom is -0.310 e. The largest absolute Gasteiger partial charge is 0.310 e. The molecule has 0 spiro atoms. The zero-order chi connectivity index (χ0) is 26.4. The van der Waals surface area contributed by atoms with Crippen LogP contribution < -0.4 is 4.90 Å². The third kappa shape index (κ3) is 3.03. The first-order chi connectivity index (χ1) is 19.7. The number of rotatable bonds is 3. The van der Waals surface area contributed by atoms with E-state index in [9.17, 15) is 0 Å². The summed E-state index contributed by atoms with van der Waals surface area (Å²) in [7, 11) is 0. The molecule has 186 valence electrons. The van der Waals surface area contributed by atoms with Gasteiger partial charge < -0.3 is 4.90 Å². The lowest BCUT2D eigenvalue weighted by Crippen LogP contribution is -2.10. The molecule has 0 N–H and O–H groups in total. The van der Waals surface area contributed by atoms with Crippen LogP contribution in [-0.4, -0.2) is 0 Å². The number of hydrogen-bond acceptors (Lipinski definition) is 1. The molecule has 9 rings (SSSR count). The van der Waals surface area contributed by atoms with E-state index in [-0.39, 0.29) is 0 Å². The summed E-state index contributed by atoms with van der Waals surface area (Å²) in [6.07, 6.45) is 0. The Hall–Kier alpha value is -5.14. The first-order valence-corrected chi connectivity index (χ1v) is 13.9. The number of benzene rings is 9. The molecule has 0 aromatic heterocycles. The van der Waals surface area contributed by atoms with Crippen molar-refractivity contribution in [3.05, 3.63) is 139 Å². The first-order valence-electron chi connectivity index (χ1n) is 13.9. The van der Waals surface area contributed by atoms with E-state index in [0.717, 1.165) is 5.69 Å². The van der Waals surface area contributed by atoms with E-state index in [2.05, 4.69) is 145 Å². The maximum Gasteiger partial charge on any atom is 0.0473 e. The van der Waals surface area contributed by atoms with Crippen LogP contribution in [0, 0.1) is 6.92 Å². The Bertz CT molecular complexity index is 2100. The maximum absolute atomic E-state index is 2.42. The van der Waals surface area contributed by atoms with Crippen LogP contribution in [-0.2, 0) is 0 Å². The predicted octanol–water partition coefficient (Wildman–Crippen LogP) is 11.3. The number of anilines is 3. The minimum absolute atomic E-state index is 1.16. The molecule has 0 aliphatic heterocycles. The SMILES string of the molecule is Cc1ccc(N(c2cc3ccc4cccc5ccc(c2)c3c45)c2cc3ccc4cccc5ccc(c2)c3c45)cc1. The molecule has 0 saturated carbocycles. The quantitative estimate of drug-likeness (QED) is 0.215. The summed E-state index contributed by atoms with van der Waals surface area (Å²) in [5.74, 6) is 0. The molecule has 1 heteroatoms. The Balaban J connectivity index is 1.34. The molecule has 0 heterocycles. The predicted molar refractivity (Wildman–Crippen MR) is 173 cm³/mol. The fraction of sp³-hybridized carbons (Fsp3) is 0.0256. The van der Waals surface area contributed by atoms with Gasteiger partial charge in [0, 0.05) is 17.1 Å². The van der Waals surface area contributed by atoms with Crippen molar-refractivity contribution < 1.29 is 0 Å². The lowest BCUT2D eigenvalue weighted by Gasteiger charge is -2.27. The van der Waals surface area contributed by atoms with E-state index in [1.54, 1.807) is 0 Å². The van der Waals surface area contributed by atoms with Gasteiger partial charge in [-0.2, -0.15) is 0 Å². The van der Waals surface area contributed by atoms with Crippen molar-refractivity contribution in [1.82, 2.24) is 0 Å². The van der Waals surface area contributed by atoms with E-state index in [1.165, 1.54) is 81.6 Å². The molecular formula is C39H25N. The van der Waals surface area contributed by atoms with Gasteiger partial charge in [0.15, 0.2) is 0 Å². The van der Waals surface area contributed by atoms with Crippen LogP contribution in [0.3, 0.4) is 0 Å². The van der Waals surface area contributed by atoms with Gasteiger partial charge in [0.2, 0.25) is 0 Å². The summed E-state index contributed by atoms with van der Waals surface area (Å²) in [4.78, 5) is 2.42. The van der Waals surface area contributed by atoms with E-state index in [4.69, 9.17) is 0 Å². The lowest BCUT2D eigenvalue weighted by atomic mass is 9.92. The van der Waals surface area contributed by atoms with Gasteiger partial charge in [-0.3, -0.25) is 0 Å². The van der Waals surface area contributed by atoms with Crippen molar-refractivity contribution in [2.45, 2.75) is 6.92 Å². The fourth-order valence-corrected chi connectivity index (χ4v) is 6.87. The Labute approximate surface area is 232 Å². The van der Waals surface area contributed by atoms with Crippen molar-refractivity contribution in [3.63, 3.8) is 0 Å². The Morgan fingerprint density at radius 1 is 0.325 bits per heavy atom. The summed E-state index contributed by atoms with van der Waals surface area (Å²) in [6, 6.07) is 49.7. The molecule has 0 amide bonds. The van der Waals surface area contributed by atoms with Gasteiger partial charge in [-0.15, -0.1) is 0 Å². The number of hydrogen-bond donors (Lipinski definition) is 0. The van der Waals surface area contributed by atoms with Gasteiger partial charge in [0.1, 0.15) is 0 Å². The number of aryl methyl sites for hydroxylation is 1. The summed E-state index contributed by atoms with van der Waals surface area (Å²) in [6.45, 7) is 2.15. The average Bonchev–Trinajstić information content (AvgIpc) is 2.99. The molecule has 0 unspecified atom stereocenters. The average molecular weight is 508 g/mol. The van der Waals surface area contributed by atoms with Crippen LogP contribution in [0.1, 0.15) is 5.56 Å². The summed E-state index contributed by atoms with van der Waals surface area (Å²) >= 11 is 0. The smallest absolute Gasteiger partial charge is 0.0473 e. The summed E-state index contributed by atoms with van der Waals surface area (Å²) in [5.41, 5.74) is 4.76. The second kappa shape index (κ2) is 7.94. The van der Waals surface area contributed by atoms with Crippen LogP contribution in [0.25, 0.3) is 64.6 Å². The van der Waals surface area contributed by atoms with Gasteiger partial charge >= 0.3 is 0 Å². The van der Waals surface area contributed by atoms with Crippen molar-refractivity contribution in [2.24, 2.45) is 0 Å².